The van der Waals surface area contributed by atoms with E-state index in [-0.39, 0.29) is 25.2 Å². The molecule has 0 spiro atoms. The summed E-state index contributed by atoms with van der Waals surface area (Å²) in [5.74, 6) is -0.382. The maximum atomic E-state index is 11.9. The molecule has 10 heteroatoms. The number of esters is 2. The minimum Gasteiger partial charge on any atom is -0.463 e. The van der Waals surface area contributed by atoms with Crippen LogP contribution in [0.5, 0.6) is 0 Å². The third-order valence-electron chi connectivity index (χ3n) is 5.49. The van der Waals surface area contributed by atoms with Crippen molar-refractivity contribution in [2.75, 3.05) is 113 Å². The quantitative estimate of drug-likeness (QED) is 0.171. The number of carbonyl (C=O) groups is 2. The molecule has 1 aliphatic rings. The molecule has 0 aromatic rings. The lowest BCUT2D eigenvalue weighted by Crippen LogP contribution is -2.45. The second kappa shape index (κ2) is 21.0. The van der Waals surface area contributed by atoms with Crippen LogP contribution in [0.3, 0.4) is 0 Å². The summed E-state index contributed by atoms with van der Waals surface area (Å²) in [5.41, 5.74) is 0. The number of rotatable bonds is 21. The fourth-order valence-corrected chi connectivity index (χ4v) is 3.35. The van der Waals surface area contributed by atoms with Gasteiger partial charge in [-0.05, 0) is 40.0 Å². The Hall–Kier alpha value is -1.30. The van der Waals surface area contributed by atoms with E-state index >= 15 is 0 Å². The van der Waals surface area contributed by atoms with Crippen LogP contribution in [0.2, 0.25) is 0 Å². The van der Waals surface area contributed by atoms with Crippen molar-refractivity contribution in [1.82, 2.24) is 14.7 Å². The van der Waals surface area contributed by atoms with E-state index in [0.29, 0.717) is 59.0 Å². The van der Waals surface area contributed by atoms with Crippen LogP contribution in [0.15, 0.2) is 0 Å². The highest BCUT2D eigenvalue weighted by Gasteiger charge is 2.13. The van der Waals surface area contributed by atoms with Gasteiger partial charge in [-0.15, -0.1) is 0 Å². The fourth-order valence-electron chi connectivity index (χ4n) is 3.35. The third kappa shape index (κ3) is 18.1. The highest BCUT2D eigenvalue weighted by molar-refractivity contribution is 5.69. The lowest BCUT2D eigenvalue weighted by atomic mass is 10.3. The highest BCUT2D eigenvalue weighted by Crippen LogP contribution is 2.01. The van der Waals surface area contributed by atoms with Crippen molar-refractivity contribution in [3.05, 3.63) is 0 Å². The van der Waals surface area contributed by atoms with Gasteiger partial charge in [0.25, 0.3) is 0 Å². The molecule has 0 aromatic carbocycles. The molecular formula is C24H47N3O7. The molecule has 0 aliphatic carbocycles. The van der Waals surface area contributed by atoms with Crippen LogP contribution in [-0.2, 0) is 33.3 Å². The zero-order chi connectivity index (χ0) is 24.9. The normalized spacial score (nSPS) is 15.1. The first-order chi connectivity index (χ1) is 16.5. The molecule has 0 unspecified atom stereocenters. The summed E-state index contributed by atoms with van der Waals surface area (Å²) < 4.78 is 26.3. The Morgan fingerprint density at radius 2 is 1.24 bits per heavy atom. The lowest BCUT2D eigenvalue weighted by Gasteiger charge is -2.32. The van der Waals surface area contributed by atoms with E-state index in [2.05, 4.69) is 21.7 Å². The monoisotopic (exact) mass is 489 g/mol. The largest absolute Gasteiger partial charge is 0.463 e. The molecule has 0 bridgehead atoms. The summed E-state index contributed by atoms with van der Waals surface area (Å²) in [6, 6.07) is 0. The average molecular weight is 490 g/mol. The maximum Gasteiger partial charge on any atom is 0.307 e. The molecule has 1 rings (SSSR count). The average Bonchev–Trinajstić information content (AvgIpc) is 2.82. The molecule has 0 atom stereocenters. The van der Waals surface area contributed by atoms with Crippen molar-refractivity contribution in [1.29, 1.82) is 0 Å². The van der Waals surface area contributed by atoms with Gasteiger partial charge in [-0.1, -0.05) is 6.92 Å². The molecule has 1 aliphatic heterocycles. The molecule has 0 aromatic heterocycles. The second-order valence-corrected chi connectivity index (χ2v) is 8.58. The molecule has 10 nitrogen and oxygen atoms in total. The van der Waals surface area contributed by atoms with Gasteiger partial charge in [-0.2, -0.15) is 0 Å². The smallest absolute Gasteiger partial charge is 0.307 e. The van der Waals surface area contributed by atoms with Gasteiger partial charge in [0.15, 0.2) is 0 Å². The van der Waals surface area contributed by atoms with Crippen molar-refractivity contribution < 1.29 is 33.3 Å². The van der Waals surface area contributed by atoms with Gasteiger partial charge in [0, 0.05) is 39.1 Å². The standard InChI is InChI=1S/C24H47N3O7/c1-4-6-23(28)33-21-19-31-17-15-30-16-18-32-20-22-34-24(29)7-10-25(2)8-5-9-27-13-11-26(3)12-14-27/h4-22H2,1-3H3. The lowest BCUT2D eigenvalue weighted by molar-refractivity contribution is -0.146. The van der Waals surface area contributed by atoms with Crippen LogP contribution >= 0.6 is 0 Å². The van der Waals surface area contributed by atoms with Gasteiger partial charge in [0.1, 0.15) is 13.2 Å². The highest BCUT2D eigenvalue weighted by atomic mass is 16.6. The zero-order valence-corrected chi connectivity index (χ0v) is 21.6. The third-order valence-corrected chi connectivity index (χ3v) is 5.49. The SMILES string of the molecule is CCCC(=O)OCCOCCOCCOCCOC(=O)CCN(C)CCCN1CCN(C)CC1. The number of nitrogens with zero attached hydrogens (tertiary/aromatic N) is 3. The number of hydrogen-bond acceptors (Lipinski definition) is 10. The minimum absolute atomic E-state index is 0.190. The zero-order valence-electron chi connectivity index (χ0n) is 21.6. The summed E-state index contributed by atoms with van der Waals surface area (Å²) in [6.07, 6.45) is 2.74. The fraction of sp³-hybridized carbons (Fsp3) is 0.917. The Kier molecular flexibility index (Phi) is 19.0. The van der Waals surface area contributed by atoms with Crippen LogP contribution < -0.4 is 0 Å². The van der Waals surface area contributed by atoms with E-state index in [4.69, 9.17) is 23.7 Å². The van der Waals surface area contributed by atoms with E-state index in [1.807, 2.05) is 14.0 Å². The van der Waals surface area contributed by atoms with E-state index in [9.17, 15) is 9.59 Å². The van der Waals surface area contributed by atoms with Crippen LogP contribution in [-0.4, -0.2) is 139 Å². The predicted molar refractivity (Wildman–Crippen MR) is 130 cm³/mol. The molecule has 200 valence electrons. The van der Waals surface area contributed by atoms with Crippen molar-refractivity contribution in [3.8, 4) is 0 Å². The van der Waals surface area contributed by atoms with Gasteiger partial charge in [-0.25, -0.2) is 0 Å². The van der Waals surface area contributed by atoms with Crippen LogP contribution in [0.1, 0.15) is 32.6 Å². The molecule has 1 heterocycles. The van der Waals surface area contributed by atoms with Crippen molar-refractivity contribution in [2.45, 2.75) is 32.6 Å². The van der Waals surface area contributed by atoms with E-state index in [1.165, 1.54) is 0 Å². The molecule has 0 saturated carbocycles. The predicted octanol–water partition coefficient (Wildman–Crippen LogP) is 0.882. The Labute approximate surface area is 205 Å². The maximum absolute atomic E-state index is 11.9. The first kappa shape index (κ1) is 30.7. The van der Waals surface area contributed by atoms with Gasteiger partial charge in [0.2, 0.25) is 0 Å². The summed E-state index contributed by atoms with van der Waals surface area (Å²) in [6.45, 7) is 12.4. The molecule has 0 radical (unpaired) electrons. The first-order valence-corrected chi connectivity index (χ1v) is 12.6. The molecular weight excluding hydrogens is 442 g/mol. The van der Waals surface area contributed by atoms with Crippen LogP contribution in [0.4, 0.5) is 0 Å². The van der Waals surface area contributed by atoms with Gasteiger partial charge < -0.3 is 38.4 Å². The van der Waals surface area contributed by atoms with E-state index in [0.717, 1.165) is 52.1 Å². The van der Waals surface area contributed by atoms with E-state index < -0.39 is 0 Å². The van der Waals surface area contributed by atoms with Crippen molar-refractivity contribution in [2.24, 2.45) is 0 Å². The summed E-state index contributed by atoms with van der Waals surface area (Å²) >= 11 is 0. The Morgan fingerprint density at radius 3 is 1.76 bits per heavy atom. The second-order valence-electron chi connectivity index (χ2n) is 8.58. The molecule has 1 saturated heterocycles. The Balaban J connectivity index is 1.80. The van der Waals surface area contributed by atoms with Gasteiger partial charge in [0.05, 0.1) is 46.1 Å². The number of hydrogen-bond donors (Lipinski definition) is 0. The molecule has 0 N–H and O–H groups in total. The number of carbonyl (C=O) groups excluding carboxylic acids is 2. The number of piperazine rings is 1. The van der Waals surface area contributed by atoms with E-state index in [1.54, 1.807) is 0 Å². The molecule has 34 heavy (non-hydrogen) atoms. The number of ether oxygens (including phenoxy) is 5. The van der Waals surface area contributed by atoms with Crippen LogP contribution in [0, 0.1) is 0 Å². The number of likely N-dealkylation sites (N-methyl/N-ethyl adjacent to an activating group) is 1. The molecule has 0 amide bonds. The van der Waals surface area contributed by atoms with Gasteiger partial charge in [-0.3, -0.25) is 9.59 Å². The Bertz CT molecular complexity index is 517. The topological polar surface area (TPSA) is 90.0 Å². The summed E-state index contributed by atoms with van der Waals surface area (Å²) in [4.78, 5) is 30.1. The van der Waals surface area contributed by atoms with Crippen LogP contribution in [0.25, 0.3) is 0 Å². The summed E-state index contributed by atoms with van der Waals surface area (Å²) in [7, 11) is 4.22. The van der Waals surface area contributed by atoms with Crippen molar-refractivity contribution >= 4 is 11.9 Å². The van der Waals surface area contributed by atoms with Crippen molar-refractivity contribution in [3.63, 3.8) is 0 Å². The minimum atomic E-state index is -0.191. The van der Waals surface area contributed by atoms with Gasteiger partial charge >= 0.3 is 11.9 Å². The Morgan fingerprint density at radius 1 is 0.735 bits per heavy atom. The summed E-state index contributed by atoms with van der Waals surface area (Å²) in [5, 5.41) is 0. The molecule has 1 fully saturated rings. The first-order valence-electron chi connectivity index (χ1n) is 12.6.